The number of carbonyl (C=O) groups is 2. The first-order chi connectivity index (χ1) is 9.58. The number of methoxy groups -OCH3 is 1. The molecule has 1 fully saturated rings. The second-order valence-electron chi connectivity index (χ2n) is 5.33. The van der Waals surface area contributed by atoms with Crippen molar-refractivity contribution in [1.82, 2.24) is 15.5 Å². The van der Waals surface area contributed by atoms with Gasteiger partial charge in [-0.3, -0.25) is 9.69 Å². The van der Waals surface area contributed by atoms with Crippen molar-refractivity contribution in [3.05, 3.63) is 0 Å². The number of amides is 1. The molecule has 0 aromatic rings. The number of nitrogens with one attached hydrogen (secondary N) is 2. The number of ether oxygens (including phenoxy) is 1. The molecule has 0 aromatic carbocycles. The van der Waals surface area contributed by atoms with Gasteiger partial charge in [0.2, 0.25) is 5.91 Å². The van der Waals surface area contributed by atoms with Gasteiger partial charge in [0.25, 0.3) is 0 Å². The van der Waals surface area contributed by atoms with Gasteiger partial charge < -0.3 is 15.4 Å². The molecule has 0 spiro atoms. The normalized spacial score (nSPS) is 19.8. The average molecular weight is 285 g/mol. The van der Waals surface area contributed by atoms with Crippen LogP contribution in [0.15, 0.2) is 0 Å². The standard InChI is InChI=1S/C14H27N3O3/c1-4-11(2)13(14(19)20-3)16-12(18)10-17-8-5-6-15-7-9-17/h11,13,15H,4-10H2,1-3H3,(H,16,18). The predicted molar refractivity (Wildman–Crippen MR) is 77.3 cm³/mol. The SMILES string of the molecule is CCC(C)C(NC(=O)CN1CCCNCC1)C(=O)OC. The third-order valence-electron chi connectivity index (χ3n) is 3.78. The molecule has 0 radical (unpaired) electrons. The zero-order valence-corrected chi connectivity index (χ0v) is 12.8. The Hall–Kier alpha value is -1.14. The summed E-state index contributed by atoms with van der Waals surface area (Å²) in [6.45, 7) is 7.94. The van der Waals surface area contributed by atoms with Gasteiger partial charge in [-0.1, -0.05) is 20.3 Å². The molecule has 116 valence electrons. The third kappa shape index (κ3) is 5.46. The lowest BCUT2D eigenvalue weighted by atomic mass is 9.99. The van der Waals surface area contributed by atoms with Crippen LogP contribution in [-0.2, 0) is 14.3 Å². The van der Waals surface area contributed by atoms with E-state index in [1.54, 1.807) is 0 Å². The largest absolute Gasteiger partial charge is 0.467 e. The highest BCUT2D eigenvalue weighted by Crippen LogP contribution is 2.09. The highest BCUT2D eigenvalue weighted by atomic mass is 16.5. The van der Waals surface area contributed by atoms with Crippen LogP contribution in [-0.4, -0.2) is 62.7 Å². The van der Waals surface area contributed by atoms with Gasteiger partial charge in [0.05, 0.1) is 13.7 Å². The molecule has 1 aliphatic rings. The lowest BCUT2D eigenvalue weighted by molar-refractivity contribution is -0.146. The van der Waals surface area contributed by atoms with Crippen LogP contribution in [0.2, 0.25) is 0 Å². The van der Waals surface area contributed by atoms with Crippen molar-refractivity contribution in [2.24, 2.45) is 5.92 Å². The molecule has 1 heterocycles. The topological polar surface area (TPSA) is 70.7 Å². The molecule has 20 heavy (non-hydrogen) atoms. The van der Waals surface area contributed by atoms with E-state index in [0.717, 1.165) is 39.0 Å². The van der Waals surface area contributed by atoms with Crippen LogP contribution in [0.3, 0.4) is 0 Å². The number of esters is 1. The second kappa shape index (κ2) is 8.92. The van der Waals surface area contributed by atoms with Crippen molar-refractivity contribution in [2.75, 3.05) is 39.8 Å². The van der Waals surface area contributed by atoms with Crippen LogP contribution in [0.5, 0.6) is 0 Å². The van der Waals surface area contributed by atoms with E-state index >= 15 is 0 Å². The number of carbonyl (C=O) groups excluding carboxylic acids is 2. The quantitative estimate of drug-likeness (QED) is 0.672. The lowest BCUT2D eigenvalue weighted by Crippen LogP contribution is -2.49. The van der Waals surface area contributed by atoms with E-state index in [1.165, 1.54) is 7.11 Å². The molecule has 0 bridgehead atoms. The Balaban J connectivity index is 2.50. The van der Waals surface area contributed by atoms with Crippen molar-refractivity contribution in [2.45, 2.75) is 32.7 Å². The van der Waals surface area contributed by atoms with Gasteiger partial charge in [0.1, 0.15) is 6.04 Å². The third-order valence-corrected chi connectivity index (χ3v) is 3.78. The Labute approximate surface area is 121 Å². The molecule has 0 aromatic heterocycles. The molecule has 0 saturated carbocycles. The molecule has 2 N–H and O–H groups in total. The molecule has 1 amide bonds. The van der Waals surface area contributed by atoms with Crippen LogP contribution in [0.1, 0.15) is 26.7 Å². The van der Waals surface area contributed by atoms with Gasteiger partial charge >= 0.3 is 5.97 Å². The Morgan fingerprint density at radius 2 is 2.10 bits per heavy atom. The molecule has 6 heteroatoms. The van der Waals surface area contributed by atoms with Crippen LogP contribution in [0, 0.1) is 5.92 Å². The van der Waals surface area contributed by atoms with E-state index in [-0.39, 0.29) is 17.8 Å². The fraction of sp³-hybridized carbons (Fsp3) is 0.857. The Bertz CT molecular complexity index is 315. The zero-order valence-electron chi connectivity index (χ0n) is 12.8. The van der Waals surface area contributed by atoms with Crippen molar-refractivity contribution >= 4 is 11.9 Å². The van der Waals surface area contributed by atoms with Crippen molar-refractivity contribution in [3.8, 4) is 0 Å². The van der Waals surface area contributed by atoms with Gasteiger partial charge in [-0.25, -0.2) is 4.79 Å². The fourth-order valence-electron chi connectivity index (χ4n) is 2.28. The molecule has 1 aliphatic heterocycles. The van der Waals surface area contributed by atoms with Crippen LogP contribution in [0.4, 0.5) is 0 Å². The van der Waals surface area contributed by atoms with E-state index in [2.05, 4.69) is 15.5 Å². The Morgan fingerprint density at radius 3 is 2.75 bits per heavy atom. The molecule has 1 saturated heterocycles. The summed E-state index contributed by atoms with van der Waals surface area (Å²) in [5.41, 5.74) is 0. The molecule has 0 aliphatic carbocycles. The average Bonchev–Trinajstić information content (AvgIpc) is 2.71. The number of nitrogens with zero attached hydrogens (tertiary/aromatic N) is 1. The van der Waals surface area contributed by atoms with E-state index in [0.29, 0.717) is 6.54 Å². The minimum atomic E-state index is -0.553. The molecule has 2 unspecified atom stereocenters. The number of hydrogen-bond acceptors (Lipinski definition) is 5. The minimum absolute atomic E-state index is 0.0669. The first kappa shape index (κ1) is 16.9. The maximum absolute atomic E-state index is 12.1. The molecule has 2 atom stereocenters. The van der Waals surface area contributed by atoms with Crippen molar-refractivity contribution in [3.63, 3.8) is 0 Å². The van der Waals surface area contributed by atoms with E-state index < -0.39 is 6.04 Å². The predicted octanol–water partition coefficient (Wildman–Crippen LogP) is -0.0144. The number of rotatable bonds is 6. The van der Waals surface area contributed by atoms with Gasteiger partial charge in [-0.2, -0.15) is 0 Å². The smallest absolute Gasteiger partial charge is 0.328 e. The molecule has 1 rings (SSSR count). The monoisotopic (exact) mass is 285 g/mol. The van der Waals surface area contributed by atoms with Gasteiger partial charge in [0.15, 0.2) is 0 Å². The van der Waals surface area contributed by atoms with E-state index in [1.807, 2.05) is 13.8 Å². The fourth-order valence-corrected chi connectivity index (χ4v) is 2.28. The van der Waals surface area contributed by atoms with Gasteiger partial charge in [-0.15, -0.1) is 0 Å². The second-order valence-corrected chi connectivity index (χ2v) is 5.33. The minimum Gasteiger partial charge on any atom is -0.467 e. The highest BCUT2D eigenvalue weighted by molar-refractivity contribution is 5.85. The Kier molecular flexibility index (Phi) is 7.54. The summed E-state index contributed by atoms with van der Waals surface area (Å²) >= 11 is 0. The summed E-state index contributed by atoms with van der Waals surface area (Å²) in [4.78, 5) is 25.9. The summed E-state index contributed by atoms with van der Waals surface area (Å²) < 4.78 is 4.77. The Morgan fingerprint density at radius 1 is 1.35 bits per heavy atom. The maximum atomic E-state index is 12.1. The van der Waals surface area contributed by atoms with Crippen LogP contribution in [0.25, 0.3) is 0 Å². The van der Waals surface area contributed by atoms with Gasteiger partial charge in [-0.05, 0) is 25.4 Å². The first-order valence-corrected chi connectivity index (χ1v) is 7.38. The number of hydrogen-bond donors (Lipinski definition) is 2. The molecular formula is C14H27N3O3. The molecular weight excluding hydrogens is 258 g/mol. The first-order valence-electron chi connectivity index (χ1n) is 7.38. The van der Waals surface area contributed by atoms with Crippen LogP contribution >= 0.6 is 0 Å². The maximum Gasteiger partial charge on any atom is 0.328 e. The summed E-state index contributed by atoms with van der Waals surface area (Å²) in [6, 6.07) is -0.553. The van der Waals surface area contributed by atoms with E-state index in [4.69, 9.17) is 4.74 Å². The van der Waals surface area contributed by atoms with E-state index in [9.17, 15) is 9.59 Å². The van der Waals surface area contributed by atoms with Crippen LogP contribution < -0.4 is 10.6 Å². The highest BCUT2D eigenvalue weighted by Gasteiger charge is 2.27. The molecule has 6 nitrogen and oxygen atoms in total. The summed E-state index contributed by atoms with van der Waals surface area (Å²) in [5, 5.41) is 6.11. The summed E-state index contributed by atoms with van der Waals surface area (Å²) in [7, 11) is 1.35. The van der Waals surface area contributed by atoms with Crippen molar-refractivity contribution < 1.29 is 14.3 Å². The zero-order chi connectivity index (χ0) is 15.0. The summed E-state index contributed by atoms with van der Waals surface area (Å²) in [5.74, 6) is -0.412. The lowest BCUT2D eigenvalue weighted by Gasteiger charge is -2.24. The summed E-state index contributed by atoms with van der Waals surface area (Å²) in [6.07, 6.45) is 1.85. The van der Waals surface area contributed by atoms with Crippen molar-refractivity contribution in [1.29, 1.82) is 0 Å². The van der Waals surface area contributed by atoms with Gasteiger partial charge in [0, 0.05) is 13.1 Å².